The summed E-state index contributed by atoms with van der Waals surface area (Å²) in [5.74, 6) is -0.0514. The number of hydrogen-bond donors (Lipinski definition) is 3. The molecule has 1 fully saturated rings. The lowest BCUT2D eigenvalue weighted by Crippen LogP contribution is -2.48. The standard InChI is InChI=1S/C35H41N5O3S/c1-23(2)29-14-26(17-36-19-29)18-37-20-32(41)31(15-25-8-5-4-6-9-25)39-34(42)27-10-7-11-28(16-27)35(43)40(30-12-13-30)21-33-38-24(3)22-44-33/h4-11,14,16-17,19,22-23,30-32,37,41H,12-13,15,18,20-21H2,1-3H3,(H,39,42)/t31-,32+/m0/s1. The number of carbonyl (C=O) groups is 2. The van der Waals surface area contributed by atoms with Crippen LogP contribution in [0.5, 0.6) is 0 Å². The summed E-state index contributed by atoms with van der Waals surface area (Å²) in [5, 5.41) is 20.5. The molecule has 1 aliphatic rings. The van der Waals surface area contributed by atoms with E-state index in [0.29, 0.717) is 36.6 Å². The van der Waals surface area contributed by atoms with E-state index in [9.17, 15) is 14.7 Å². The lowest BCUT2D eigenvalue weighted by molar-refractivity contribution is 0.0729. The second-order valence-electron chi connectivity index (χ2n) is 11.9. The summed E-state index contributed by atoms with van der Waals surface area (Å²) in [5.41, 5.74) is 5.01. The van der Waals surface area contributed by atoms with Crippen molar-refractivity contribution in [1.29, 1.82) is 0 Å². The SMILES string of the molecule is Cc1csc(CN(C(=O)c2cccc(C(=O)N[C@@H](Cc3ccccc3)[C@H](O)CNCc3cncc(C(C)C)c3)c2)C2CC2)n1. The Kier molecular flexibility index (Phi) is 10.5. The number of nitrogens with one attached hydrogen (secondary N) is 2. The highest BCUT2D eigenvalue weighted by atomic mass is 32.1. The van der Waals surface area contributed by atoms with Crippen LogP contribution in [0, 0.1) is 6.92 Å². The quantitative estimate of drug-likeness (QED) is 0.179. The van der Waals surface area contributed by atoms with E-state index in [0.717, 1.165) is 34.7 Å². The number of rotatable bonds is 14. The van der Waals surface area contributed by atoms with Crippen molar-refractivity contribution in [2.45, 2.75) is 77.2 Å². The molecule has 0 aliphatic heterocycles. The number of aryl methyl sites for hydroxylation is 1. The summed E-state index contributed by atoms with van der Waals surface area (Å²) >= 11 is 1.56. The van der Waals surface area contributed by atoms with E-state index in [4.69, 9.17) is 0 Å². The lowest BCUT2D eigenvalue weighted by atomic mass is 10.00. The van der Waals surface area contributed by atoms with Crippen LogP contribution in [-0.2, 0) is 19.5 Å². The van der Waals surface area contributed by atoms with Gasteiger partial charge in [0.2, 0.25) is 0 Å². The molecule has 0 radical (unpaired) electrons. The number of aromatic nitrogens is 2. The van der Waals surface area contributed by atoms with Crippen molar-refractivity contribution in [2.75, 3.05) is 6.54 Å². The molecule has 2 amide bonds. The Morgan fingerprint density at radius 2 is 1.80 bits per heavy atom. The molecule has 2 aromatic carbocycles. The van der Waals surface area contributed by atoms with Crippen LogP contribution in [0.1, 0.15) is 80.7 Å². The van der Waals surface area contributed by atoms with Crippen molar-refractivity contribution in [3.8, 4) is 0 Å². The normalized spacial score (nSPS) is 14.3. The minimum Gasteiger partial charge on any atom is -0.390 e. The van der Waals surface area contributed by atoms with Gasteiger partial charge in [0.25, 0.3) is 11.8 Å². The van der Waals surface area contributed by atoms with Crippen molar-refractivity contribution < 1.29 is 14.7 Å². The first-order valence-corrected chi connectivity index (χ1v) is 16.1. The fourth-order valence-corrected chi connectivity index (χ4v) is 5.93. The maximum absolute atomic E-state index is 13.6. The topological polar surface area (TPSA) is 107 Å². The van der Waals surface area contributed by atoms with Gasteiger partial charge in [0.15, 0.2) is 0 Å². The molecule has 1 saturated carbocycles. The lowest BCUT2D eigenvalue weighted by Gasteiger charge is -2.25. The predicted molar refractivity (Wildman–Crippen MR) is 174 cm³/mol. The molecule has 8 nitrogen and oxygen atoms in total. The molecule has 0 saturated heterocycles. The Morgan fingerprint density at radius 1 is 1.02 bits per heavy atom. The number of aliphatic hydroxyl groups is 1. The highest BCUT2D eigenvalue weighted by Gasteiger charge is 2.34. The molecule has 230 valence electrons. The van der Waals surface area contributed by atoms with E-state index >= 15 is 0 Å². The zero-order valence-corrected chi connectivity index (χ0v) is 26.4. The molecule has 2 aromatic heterocycles. The fraction of sp³-hybridized carbons (Fsp3) is 0.371. The van der Waals surface area contributed by atoms with Crippen LogP contribution >= 0.6 is 11.3 Å². The van der Waals surface area contributed by atoms with Crippen LogP contribution in [0.25, 0.3) is 0 Å². The maximum atomic E-state index is 13.6. The highest BCUT2D eigenvalue weighted by Crippen LogP contribution is 2.30. The summed E-state index contributed by atoms with van der Waals surface area (Å²) in [6, 6.07) is 18.4. The number of benzene rings is 2. The van der Waals surface area contributed by atoms with Gasteiger partial charge in [-0.25, -0.2) is 4.98 Å². The summed E-state index contributed by atoms with van der Waals surface area (Å²) < 4.78 is 0. The Labute approximate surface area is 263 Å². The predicted octanol–water partition coefficient (Wildman–Crippen LogP) is 5.27. The fourth-order valence-electron chi connectivity index (χ4n) is 5.16. The summed E-state index contributed by atoms with van der Waals surface area (Å²) in [6.07, 6.45) is 5.26. The van der Waals surface area contributed by atoms with Gasteiger partial charge >= 0.3 is 0 Å². The Hall–Kier alpha value is -3.92. The van der Waals surface area contributed by atoms with E-state index in [1.54, 1.807) is 35.6 Å². The third-order valence-corrected chi connectivity index (χ3v) is 8.79. The van der Waals surface area contributed by atoms with E-state index in [1.807, 2.05) is 59.9 Å². The number of hydrogen-bond acceptors (Lipinski definition) is 7. The molecule has 5 rings (SSSR count). The Bertz CT molecular complexity index is 1550. The van der Waals surface area contributed by atoms with Crippen molar-refractivity contribution in [1.82, 2.24) is 25.5 Å². The van der Waals surface area contributed by atoms with Gasteiger partial charge in [0, 0.05) is 53.7 Å². The molecular formula is C35H41N5O3S. The second kappa shape index (κ2) is 14.7. The Morgan fingerprint density at radius 3 is 2.50 bits per heavy atom. The molecular weight excluding hydrogens is 570 g/mol. The van der Waals surface area contributed by atoms with Gasteiger partial charge in [-0.3, -0.25) is 14.6 Å². The zero-order chi connectivity index (χ0) is 31.1. The maximum Gasteiger partial charge on any atom is 0.254 e. The van der Waals surface area contributed by atoms with Crippen LogP contribution < -0.4 is 10.6 Å². The van der Waals surface area contributed by atoms with Crippen LogP contribution in [0.2, 0.25) is 0 Å². The number of amides is 2. The zero-order valence-electron chi connectivity index (χ0n) is 25.6. The second-order valence-corrected chi connectivity index (χ2v) is 12.8. The number of carbonyl (C=O) groups excluding carboxylic acids is 2. The van der Waals surface area contributed by atoms with Gasteiger partial charge < -0.3 is 20.6 Å². The molecule has 0 bridgehead atoms. The van der Waals surface area contributed by atoms with Crippen LogP contribution in [0.15, 0.2) is 78.4 Å². The van der Waals surface area contributed by atoms with Gasteiger partial charge in [0.05, 0.1) is 18.7 Å². The molecule has 2 heterocycles. The first-order chi connectivity index (χ1) is 21.3. The largest absolute Gasteiger partial charge is 0.390 e. The summed E-state index contributed by atoms with van der Waals surface area (Å²) in [4.78, 5) is 37.9. The van der Waals surface area contributed by atoms with E-state index in [2.05, 4.69) is 40.5 Å². The molecule has 1 aliphatic carbocycles. The molecule has 2 atom stereocenters. The molecule has 44 heavy (non-hydrogen) atoms. The van der Waals surface area contributed by atoms with Gasteiger partial charge in [-0.2, -0.15) is 0 Å². The summed E-state index contributed by atoms with van der Waals surface area (Å²) in [7, 11) is 0. The third-order valence-electron chi connectivity index (χ3n) is 7.84. The first-order valence-electron chi connectivity index (χ1n) is 15.3. The number of aliphatic hydroxyl groups excluding tert-OH is 1. The van der Waals surface area contributed by atoms with Crippen molar-refractivity contribution in [3.63, 3.8) is 0 Å². The van der Waals surface area contributed by atoms with Crippen molar-refractivity contribution in [3.05, 3.63) is 117 Å². The number of pyridine rings is 1. The first kappa shape index (κ1) is 31.5. The minimum atomic E-state index is -0.850. The Balaban J connectivity index is 1.26. The van der Waals surface area contributed by atoms with Gasteiger partial charge in [-0.05, 0) is 67.0 Å². The van der Waals surface area contributed by atoms with Gasteiger partial charge in [-0.15, -0.1) is 11.3 Å². The summed E-state index contributed by atoms with van der Waals surface area (Å²) in [6.45, 7) is 7.52. The molecule has 3 N–H and O–H groups in total. The molecule has 4 aromatic rings. The van der Waals surface area contributed by atoms with Crippen LogP contribution in [0.4, 0.5) is 0 Å². The van der Waals surface area contributed by atoms with Gasteiger partial charge in [-0.1, -0.05) is 56.3 Å². The third kappa shape index (κ3) is 8.59. The molecule has 0 spiro atoms. The van der Waals surface area contributed by atoms with E-state index in [1.165, 1.54) is 5.56 Å². The average Bonchev–Trinajstić information content (AvgIpc) is 3.79. The smallest absolute Gasteiger partial charge is 0.254 e. The van der Waals surface area contributed by atoms with E-state index in [-0.39, 0.29) is 24.4 Å². The highest BCUT2D eigenvalue weighted by molar-refractivity contribution is 7.09. The number of nitrogens with zero attached hydrogens (tertiary/aromatic N) is 3. The van der Waals surface area contributed by atoms with Crippen LogP contribution in [0.3, 0.4) is 0 Å². The average molecular weight is 612 g/mol. The van der Waals surface area contributed by atoms with Crippen molar-refractivity contribution >= 4 is 23.2 Å². The molecule has 0 unspecified atom stereocenters. The van der Waals surface area contributed by atoms with Crippen LogP contribution in [-0.4, -0.2) is 56.5 Å². The minimum absolute atomic E-state index is 0.101. The molecule has 9 heteroatoms. The monoisotopic (exact) mass is 611 g/mol. The van der Waals surface area contributed by atoms with Gasteiger partial charge in [0.1, 0.15) is 5.01 Å². The van der Waals surface area contributed by atoms with E-state index < -0.39 is 12.1 Å². The van der Waals surface area contributed by atoms with Crippen molar-refractivity contribution in [2.24, 2.45) is 0 Å². The number of thiazole rings is 1.